The number of rotatable bonds is 3. The van der Waals surface area contributed by atoms with Gasteiger partial charge < -0.3 is 4.74 Å². The van der Waals surface area contributed by atoms with E-state index in [4.69, 9.17) is 4.74 Å². The Hall–Kier alpha value is -0.120. The summed E-state index contributed by atoms with van der Waals surface area (Å²) in [5.74, 6) is 0.752. The maximum absolute atomic E-state index is 5.34. The lowest BCUT2D eigenvalue weighted by atomic mass is 10.1. The Kier molecular flexibility index (Phi) is 3.58. The lowest BCUT2D eigenvalue weighted by Crippen LogP contribution is -2.43. The molecule has 0 aromatic carbocycles. The lowest BCUT2D eigenvalue weighted by Gasteiger charge is -2.28. The third kappa shape index (κ3) is 2.93. The van der Waals surface area contributed by atoms with Crippen molar-refractivity contribution in [3.8, 4) is 0 Å². The van der Waals surface area contributed by atoms with Crippen molar-refractivity contribution in [1.29, 1.82) is 0 Å². The average molecular weight is 184 g/mol. The van der Waals surface area contributed by atoms with Gasteiger partial charge >= 0.3 is 0 Å². The standard InChI is InChI=1S/C10H20N2O/c1-2-5-12(6-3-1)11-8-10-4-7-13-9-10/h10-11H,1-9H2. The topological polar surface area (TPSA) is 24.5 Å². The van der Waals surface area contributed by atoms with Gasteiger partial charge in [-0.25, -0.2) is 5.01 Å². The second-order valence-electron chi connectivity index (χ2n) is 4.14. The summed E-state index contributed by atoms with van der Waals surface area (Å²) < 4.78 is 5.34. The number of hydrazine groups is 1. The average Bonchev–Trinajstić information content (AvgIpc) is 2.69. The molecule has 2 aliphatic heterocycles. The summed E-state index contributed by atoms with van der Waals surface area (Å²) >= 11 is 0. The zero-order valence-electron chi connectivity index (χ0n) is 8.30. The maximum Gasteiger partial charge on any atom is 0.0507 e. The van der Waals surface area contributed by atoms with Gasteiger partial charge in [0.15, 0.2) is 0 Å². The number of hydrogen-bond donors (Lipinski definition) is 1. The molecule has 1 N–H and O–H groups in total. The highest BCUT2D eigenvalue weighted by molar-refractivity contribution is 4.67. The lowest BCUT2D eigenvalue weighted by molar-refractivity contribution is 0.134. The minimum absolute atomic E-state index is 0.752. The molecule has 1 unspecified atom stereocenters. The van der Waals surface area contributed by atoms with Crippen molar-refractivity contribution in [2.45, 2.75) is 25.7 Å². The van der Waals surface area contributed by atoms with Crippen LogP contribution >= 0.6 is 0 Å². The van der Waals surface area contributed by atoms with Crippen molar-refractivity contribution in [1.82, 2.24) is 10.4 Å². The number of piperidine rings is 1. The van der Waals surface area contributed by atoms with E-state index in [1.807, 2.05) is 0 Å². The molecule has 3 nitrogen and oxygen atoms in total. The van der Waals surface area contributed by atoms with Crippen LogP contribution in [0.1, 0.15) is 25.7 Å². The van der Waals surface area contributed by atoms with E-state index in [0.29, 0.717) is 0 Å². The normalized spacial score (nSPS) is 30.9. The smallest absolute Gasteiger partial charge is 0.0507 e. The molecule has 0 bridgehead atoms. The van der Waals surface area contributed by atoms with Gasteiger partial charge in [-0.2, -0.15) is 0 Å². The molecule has 0 amide bonds. The molecule has 3 heteroatoms. The Morgan fingerprint density at radius 1 is 1.23 bits per heavy atom. The van der Waals surface area contributed by atoms with Crippen molar-refractivity contribution in [3.05, 3.63) is 0 Å². The van der Waals surface area contributed by atoms with E-state index in [9.17, 15) is 0 Å². The fourth-order valence-corrected chi connectivity index (χ4v) is 2.05. The van der Waals surface area contributed by atoms with Gasteiger partial charge in [-0.3, -0.25) is 5.43 Å². The Morgan fingerprint density at radius 3 is 2.77 bits per heavy atom. The molecule has 2 heterocycles. The molecule has 0 radical (unpaired) electrons. The van der Waals surface area contributed by atoms with Crippen LogP contribution in [0.2, 0.25) is 0 Å². The Labute approximate surface area is 80.4 Å². The van der Waals surface area contributed by atoms with Gasteiger partial charge in [-0.05, 0) is 25.2 Å². The van der Waals surface area contributed by atoms with Gasteiger partial charge in [0.05, 0.1) is 6.61 Å². The molecule has 2 fully saturated rings. The maximum atomic E-state index is 5.34. The summed E-state index contributed by atoms with van der Waals surface area (Å²) in [6.07, 6.45) is 5.36. The van der Waals surface area contributed by atoms with Crippen LogP contribution in [0.5, 0.6) is 0 Å². The minimum Gasteiger partial charge on any atom is -0.381 e. The quantitative estimate of drug-likeness (QED) is 0.708. The molecular formula is C10H20N2O. The van der Waals surface area contributed by atoms with Crippen LogP contribution in [0.25, 0.3) is 0 Å². The molecule has 2 saturated heterocycles. The molecular weight excluding hydrogens is 164 g/mol. The SMILES string of the molecule is C1CCN(NCC2CCOC2)CC1. The van der Waals surface area contributed by atoms with Gasteiger partial charge in [0.25, 0.3) is 0 Å². The van der Waals surface area contributed by atoms with Gasteiger partial charge in [0, 0.05) is 26.2 Å². The minimum atomic E-state index is 0.752. The highest BCUT2D eigenvalue weighted by Gasteiger charge is 2.17. The molecule has 0 aromatic rings. The van der Waals surface area contributed by atoms with E-state index >= 15 is 0 Å². The third-order valence-corrected chi connectivity index (χ3v) is 2.98. The van der Waals surface area contributed by atoms with E-state index in [1.165, 1.54) is 38.8 Å². The Morgan fingerprint density at radius 2 is 2.08 bits per heavy atom. The fourth-order valence-electron chi connectivity index (χ4n) is 2.05. The summed E-state index contributed by atoms with van der Waals surface area (Å²) in [5, 5.41) is 2.38. The van der Waals surface area contributed by atoms with Crippen LogP contribution in [-0.2, 0) is 4.74 Å². The van der Waals surface area contributed by atoms with E-state index in [0.717, 1.165) is 25.7 Å². The first-order valence-corrected chi connectivity index (χ1v) is 5.51. The number of nitrogens with zero attached hydrogens (tertiary/aromatic N) is 1. The predicted molar refractivity (Wildman–Crippen MR) is 52.4 cm³/mol. The summed E-state index contributed by atoms with van der Waals surface area (Å²) in [5.41, 5.74) is 3.52. The van der Waals surface area contributed by atoms with Gasteiger partial charge in [-0.1, -0.05) is 6.42 Å². The van der Waals surface area contributed by atoms with Crippen molar-refractivity contribution >= 4 is 0 Å². The fraction of sp³-hybridized carbons (Fsp3) is 1.00. The van der Waals surface area contributed by atoms with E-state index in [-0.39, 0.29) is 0 Å². The van der Waals surface area contributed by atoms with Crippen LogP contribution in [0.4, 0.5) is 0 Å². The Bertz CT molecular complexity index is 140. The highest BCUT2D eigenvalue weighted by Crippen LogP contribution is 2.12. The van der Waals surface area contributed by atoms with Crippen molar-refractivity contribution in [3.63, 3.8) is 0 Å². The molecule has 2 rings (SSSR count). The molecule has 1 atom stereocenters. The largest absolute Gasteiger partial charge is 0.381 e. The molecule has 2 aliphatic rings. The predicted octanol–water partition coefficient (Wildman–Crippen LogP) is 1.01. The Balaban J connectivity index is 1.60. The van der Waals surface area contributed by atoms with E-state index in [1.54, 1.807) is 0 Å². The van der Waals surface area contributed by atoms with Crippen LogP contribution in [0, 0.1) is 5.92 Å². The third-order valence-electron chi connectivity index (χ3n) is 2.98. The number of ether oxygens (including phenoxy) is 1. The summed E-state index contributed by atoms with van der Waals surface area (Å²) in [4.78, 5) is 0. The second kappa shape index (κ2) is 4.94. The first-order valence-electron chi connectivity index (χ1n) is 5.51. The number of nitrogens with one attached hydrogen (secondary N) is 1. The van der Waals surface area contributed by atoms with Crippen molar-refractivity contribution in [2.24, 2.45) is 5.92 Å². The van der Waals surface area contributed by atoms with Crippen LogP contribution in [0.15, 0.2) is 0 Å². The van der Waals surface area contributed by atoms with Gasteiger partial charge in [0.1, 0.15) is 0 Å². The van der Waals surface area contributed by atoms with Crippen molar-refractivity contribution in [2.75, 3.05) is 32.8 Å². The van der Waals surface area contributed by atoms with Crippen LogP contribution in [0.3, 0.4) is 0 Å². The van der Waals surface area contributed by atoms with Gasteiger partial charge in [-0.15, -0.1) is 0 Å². The first kappa shape index (κ1) is 9.44. The summed E-state index contributed by atoms with van der Waals surface area (Å²) in [7, 11) is 0. The number of hydrogen-bond acceptors (Lipinski definition) is 3. The zero-order chi connectivity index (χ0) is 8.93. The molecule has 0 aliphatic carbocycles. The zero-order valence-corrected chi connectivity index (χ0v) is 8.30. The monoisotopic (exact) mass is 184 g/mol. The van der Waals surface area contributed by atoms with Crippen LogP contribution in [-0.4, -0.2) is 37.9 Å². The van der Waals surface area contributed by atoms with Crippen molar-refractivity contribution < 1.29 is 4.74 Å². The molecule has 13 heavy (non-hydrogen) atoms. The highest BCUT2D eigenvalue weighted by atomic mass is 16.5. The summed E-state index contributed by atoms with van der Waals surface area (Å²) in [6.45, 7) is 5.49. The second-order valence-corrected chi connectivity index (χ2v) is 4.14. The molecule has 0 spiro atoms. The molecule has 0 saturated carbocycles. The first-order chi connectivity index (χ1) is 6.45. The van der Waals surface area contributed by atoms with Gasteiger partial charge in [0.2, 0.25) is 0 Å². The van der Waals surface area contributed by atoms with E-state index in [2.05, 4.69) is 10.4 Å². The molecule has 0 aromatic heterocycles. The van der Waals surface area contributed by atoms with Crippen LogP contribution < -0.4 is 5.43 Å². The van der Waals surface area contributed by atoms with E-state index < -0.39 is 0 Å². The summed E-state index contributed by atoms with van der Waals surface area (Å²) in [6, 6.07) is 0. The molecule has 76 valence electrons.